The molecule has 0 saturated carbocycles. The van der Waals surface area contributed by atoms with Crippen LogP contribution in [0.1, 0.15) is 19.4 Å². The van der Waals surface area contributed by atoms with Crippen LogP contribution >= 0.6 is 15.9 Å². The highest BCUT2D eigenvalue weighted by Crippen LogP contribution is 2.21. The molecular weight excluding hydrogens is 254 g/mol. The van der Waals surface area contributed by atoms with Crippen LogP contribution in [0.3, 0.4) is 0 Å². The molecule has 84 valence electrons. The number of nitrogens with one attached hydrogen (secondary N) is 1. The molecule has 0 aliphatic carbocycles. The average molecular weight is 272 g/mol. The highest BCUT2D eigenvalue weighted by molar-refractivity contribution is 9.10. The van der Waals surface area contributed by atoms with Gasteiger partial charge in [-0.25, -0.2) is 0 Å². The van der Waals surface area contributed by atoms with Gasteiger partial charge in [0.25, 0.3) is 0 Å². The Morgan fingerprint density at radius 2 is 2.20 bits per heavy atom. The second-order valence-corrected chi connectivity index (χ2v) is 4.52. The molecule has 1 atom stereocenters. The lowest BCUT2D eigenvalue weighted by atomic mass is 10.2. The molecule has 0 radical (unpaired) electrons. The van der Waals surface area contributed by atoms with Gasteiger partial charge in [-0.2, -0.15) is 0 Å². The number of anilines is 1. The monoisotopic (exact) mass is 271 g/mol. The van der Waals surface area contributed by atoms with E-state index in [4.69, 9.17) is 4.74 Å². The van der Waals surface area contributed by atoms with Crippen molar-refractivity contribution in [2.45, 2.75) is 26.8 Å². The summed E-state index contributed by atoms with van der Waals surface area (Å²) in [7, 11) is 0. The summed E-state index contributed by atoms with van der Waals surface area (Å²) in [5, 5.41) is 3.39. The fraction of sp³-hybridized carbons (Fsp3) is 0.500. The normalized spacial score (nSPS) is 12.5. The van der Waals surface area contributed by atoms with Crippen LogP contribution in [-0.2, 0) is 4.74 Å². The molecule has 0 saturated heterocycles. The molecule has 0 amide bonds. The lowest BCUT2D eigenvalue weighted by molar-refractivity contribution is 0.141. The number of ether oxygens (including phenoxy) is 1. The highest BCUT2D eigenvalue weighted by Gasteiger charge is 2.02. The van der Waals surface area contributed by atoms with Gasteiger partial charge in [0.2, 0.25) is 0 Å². The molecule has 0 spiro atoms. The van der Waals surface area contributed by atoms with Crippen molar-refractivity contribution in [3.8, 4) is 0 Å². The summed E-state index contributed by atoms with van der Waals surface area (Å²) in [5.74, 6) is 0. The van der Waals surface area contributed by atoms with E-state index in [1.807, 2.05) is 6.92 Å². The van der Waals surface area contributed by atoms with Crippen LogP contribution in [-0.4, -0.2) is 19.3 Å². The number of aryl methyl sites for hydroxylation is 1. The Morgan fingerprint density at radius 3 is 2.80 bits per heavy atom. The molecule has 1 aromatic carbocycles. The third-order valence-corrected chi connectivity index (χ3v) is 3.01. The van der Waals surface area contributed by atoms with Crippen molar-refractivity contribution in [2.24, 2.45) is 0 Å². The van der Waals surface area contributed by atoms with Crippen molar-refractivity contribution in [1.82, 2.24) is 0 Å². The standard InChI is InChI=1S/C12H18BrNO/c1-4-15-8-10(3)14-11-6-5-9(2)12(13)7-11/h5-7,10,14H,4,8H2,1-3H3. The van der Waals surface area contributed by atoms with E-state index in [0.29, 0.717) is 6.04 Å². The van der Waals surface area contributed by atoms with Gasteiger partial charge in [0, 0.05) is 22.8 Å². The van der Waals surface area contributed by atoms with Crippen molar-refractivity contribution >= 4 is 21.6 Å². The second-order valence-electron chi connectivity index (χ2n) is 3.67. The van der Waals surface area contributed by atoms with E-state index in [-0.39, 0.29) is 0 Å². The maximum atomic E-state index is 5.35. The third kappa shape index (κ3) is 4.22. The molecule has 2 nitrogen and oxygen atoms in total. The molecular formula is C12H18BrNO. The summed E-state index contributed by atoms with van der Waals surface area (Å²) in [6.45, 7) is 7.71. The van der Waals surface area contributed by atoms with E-state index in [9.17, 15) is 0 Å². The Bertz CT molecular complexity index is 314. The van der Waals surface area contributed by atoms with E-state index in [1.165, 1.54) is 5.56 Å². The quantitative estimate of drug-likeness (QED) is 0.884. The Kier molecular flexibility index (Phi) is 5.12. The number of hydrogen-bond donors (Lipinski definition) is 1. The number of halogens is 1. The van der Waals surface area contributed by atoms with Crippen molar-refractivity contribution in [1.29, 1.82) is 0 Å². The average Bonchev–Trinajstić information content (AvgIpc) is 2.20. The van der Waals surface area contributed by atoms with Crippen LogP contribution in [0, 0.1) is 6.92 Å². The van der Waals surface area contributed by atoms with Gasteiger partial charge in [-0.3, -0.25) is 0 Å². The number of benzene rings is 1. The predicted molar refractivity (Wildman–Crippen MR) is 68.5 cm³/mol. The second kappa shape index (κ2) is 6.13. The van der Waals surface area contributed by atoms with Crippen LogP contribution in [0.5, 0.6) is 0 Å². The molecule has 0 bridgehead atoms. The smallest absolute Gasteiger partial charge is 0.0664 e. The van der Waals surface area contributed by atoms with Crippen LogP contribution in [0.25, 0.3) is 0 Å². The zero-order chi connectivity index (χ0) is 11.3. The Hall–Kier alpha value is -0.540. The third-order valence-electron chi connectivity index (χ3n) is 2.16. The van der Waals surface area contributed by atoms with Crippen LogP contribution in [0.2, 0.25) is 0 Å². The molecule has 0 heterocycles. The fourth-order valence-corrected chi connectivity index (χ4v) is 1.68. The van der Waals surface area contributed by atoms with Crippen molar-refractivity contribution in [3.05, 3.63) is 28.2 Å². The number of hydrogen-bond acceptors (Lipinski definition) is 2. The molecule has 3 heteroatoms. The Balaban J connectivity index is 2.53. The summed E-state index contributed by atoms with van der Waals surface area (Å²) in [6.07, 6.45) is 0. The van der Waals surface area contributed by atoms with E-state index >= 15 is 0 Å². The van der Waals surface area contributed by atoms with Crippen LogP contribution < -0.4 is 5.32 Å². The maximum Gasteiger partial charge on any atom is 0.0664 e. The van der Waals surface area contributed by atoms with Gasteiger partial charge >= 0.3 is 0 Å². The minimum atomic E-state index is 0.333. The first-order valence-electron chi connectivity index (χ1n) is 5.24. The molecule has 0 aromatic heterocycles. The van der Waals surface area contributed by atoms with Gasteiger partial charge in [0.05, 0.1) is 6.61 Å². The number of rotatable bonds is 5. The van der Waals surface area contributed by atoms with Gasteiger partial charge in [-0.05, 0) is 38.5 Å². The lowest BCUT2D eigenvalue weighted by Gasteiger charge is -2.15. The zero-order valence-corrected chi connectivity index (χ0v) is 11.1. The van der Waals surface area contributed by atoms with Crippen molar-refractivity contribution < 1.29 is 4.74 Å². The van der Waals surface area contributed by atoms with Crippen molar-refractivity contribution in [2.75, 3.05) is 18.5 Å². The topological polar surface area (TPSA) is 21.3 Å². The molecule has 1 N–H and O–H groups in total. The minimum absolute atomic E-state index is 0.333. The Morgan fingerprint density at radius 1 is 1.47 bits per heavy atom. The summed E-state index contributed by atoms with van der Waals surface area (Å²) in [4.78, 5) is 0. The molecule has 1 unspecified atom stereocenters. The molecule has 0 aliphatic rings. The first-order chi connectivity index (χ1) is 7.13. The van der Waals surface area contributed by atoms with Crippen LogP contribution in [0.15, 0.2) is 22.7 Å². The van der Waals surface area contributed by atoms with Crippen molar-refractivity contribution in [3.63, 3.8) is 0 Å². The fourth-order valence-electron chi connectivity index (χ4n) is 1.30. The molecule has 15 heavy (non-hydrogen) atoms. The summed E-state index contributed by atoms with van der Waals surface area (Å²) >= 11 is 3.52. The SMILES string of the molecule is CCOCC(C)Nc1ccc(C)c(Br)c1. The molecule has 1 rings (SSSR count). The van der Waals surface area contributed by atoms with Crippen LogP contribution in [0.4, 0.5) is 5.69 Å². The lowest BCUT2D eigenvalue weighted by Crippen LogP contribution is -2.21. The molecule has 0 aliphatic heterocycles. The predicted octanol–water partition coefficient (Wildman–Crippen LogP) is 3.59. The van der Waals surface area contributed by atoms with Gasteiger partial charge in [0.1, 0.15) is 0 Å². The first-order valence-corrected chi connectivity index (χ1v) is 6.03. The minimum Gasteiger partial charge on any atom is -0.380 e. The van der Waals surface area contributed by atoms with E-state index < -0.39 is 0 Å². The van der Waals surface area contributed by atoms with Gasteiger partial charge in [-0.15, -0.1) is 0 Å². The van der Waals surface area contributed by atoms with E-state index in [1.54, 1.807) is 0 Å². The van der Waals surface area contributed by atoms with E-state index in [0.717, 1.165) is 23.4 Å². The maximum absolute atomic E-state index is 5.35. The zero-order valence-electron chi connectivity index (χ0n) is 9.51. The summed E-state index contributed by atoms with van der Waals surface area (Å²) in [5.41, 5.74) is 2.37. The van der Waals surface area contributed by atoms with Gasteiger partial charge in [-0.1, -0.05) is 22.0 Å². The first kappa shape index (κ1) is 12.5. The largest absolute Gasteiger partial charge is 0.380 e. The van der Waals surface area contributed by atoms with E-state index in [2.05, 4.69) is 53.3 Å². The summed E-state index contributed by atoms with van der Waals surface area (Å²) in [6, 6.07) is 6.61. The Labute approximate surface area is 100 Å². The van der Waals surface area contributed by atoms with Gasteiger partial charge in [0.15, 0.2) is 0 Å². The molecule has 1 aromatic rings. The van der Waals surface area contributed by atoms with Gasteiger partial charge < -0.3 is 10.1 Å². The molecule has 0 fully saturated rings. The summed E-state index contributed by atoms with van der Waals surface area (Å²) < 4.78 is 6.48. The highest BCUT2D eigenvalue weighted by atomic mass is 79.9.